The van der Waals surface area contributed by atoms with Gasteiger partial charge in [0.25, 0.3) is 11.8 Å². The quantitative estimate of drug-likeness (QED) is 0.506. The standard InChI is InChI=1S/C30H35N3O3/c1-2-32-20-12-3-4-13-21-33(30(35)27-17-10-11-19-31-27)25(22-24-14-6-5-7-15-24)23-36-28-18-9-8-16-26(28)29(32)34/h5-11,14-19,25H,2-4,12-13,20-23H2,1H3/t25-/m0/s1. The predicted molar refractivity (Wildman–Crippen MR) is 141 cm³/mol. The lowest BCUT2D eigenvalue weighted by molar-refractivity contribution is 0.0592. The highest BCUT2D eigenvalue weighted by atomic mass is 16.5. The molecule has 0 bridgehead atoms. The van der Waals surface area contributed by atoms with Crippen LogP contribution in [-0.4, -0.2) is 58.9 Å². The second-order valence-corrected chi connectivity index (χ2v) is 9.16. The van der Waals surface area contributed by atoms with E-state index in [0.29, 0.717) is 36.5 Å². The Labute approximate surface area is 213 Å². The minimum atomic E-state index is -0.213. The summed E-state index contributed by atoms with van der Waals surface area (Å²) in [5, 5.41) is 0. The molecule has 1 aliphatic heterocycles. The van der Waals surface area contributed by atoms with Crippen molar-refractivity contribution in [2.75, 3.05) is 26.2 Å². The van der Waals surface area contributed by atoms with Crippen LogP contribution in [0.2, 0.25) is 0 Å². The van der Waals surface area contributed by atoms with Gasteiger partial charge in [-0.15, -0.1) is 0 Å². The van der Waals surface area contributed by atoms with Crippen LogP contribution >= 0.6 is 0 Å². The molecule has 2 aromatic carbocycles. The molecule has 0 aliphatic carbocycles. The molecule has 188 valence electrons. The Kier molecular flexibility index (Phi) is 9.09. The first kappa shape index (κ1) is 25.4. The maximum Gasteiger partial charge on any atom is 0.272 e. The number of nitrogens with zero attached hydrogens (tertiary/aromatic N) is 3. The smallest absolute Gasteiger partial charge is 0.272 e. The number of carbonyl (C=O) groups is 2. The second-order valence-electron chi connectivity index (χ2n) is 9.16. The third kappa shape index (κ3) is 6.51. The van der Waals surface area contributed by atoms with Crippen LogP contribution in [0.4, 0.5) is 0 Å². The lowest BCUT2D eigenvalue weighted by Gasteiger charge is -2.32. The summed E-state index contributed by atoms with van der Waals surface area (Å²) in [6, 6.07) is 22.8. The van der Waals surface area contributed by atoms with Crippen molar-refractivity contribution in [3.8, 4) is 5.75 Å². The zero-order valence-electron chi connectivity index (χ0n) is 21.0. The Morgan fingerprint density at radius 3 is 2.39 bits per heavy atom. The molecule has 0 spiro atoms. The molecule has 36 heavy (non-hydrogen) atoms. The average Bonchev–Trinajstić information content (AvgIpc) is 2.93. The fourth-order valence-electron chi connectivity index (χ4n) is 4.70. The Balaban J connectivity index is 1.68. The molecule has 4 rings (SSSR count). The van der Waals surface area contributed by atoms with Gasteiger partial charge < -0.3 is 14.5 Å². The Morgan fingerprint density at radius 1 is 0.917 bits per heavy atom. The van der Waals surface area contributed by atoms with Gasteiger partial charge in [0.1, 0.15) is 18.1 Å². The summed E-state index contributed by atoms with van der Waals surface area (Å²) in [6.45, 7) is 4.31. The molecule has 1 aliphatic rings. The minimum Gasteiger partial charge on any atom is -0.491 e. The Bertz CT molecular complexity index is 1120. The van der Waals surface area contributed by atoms with E-state index in [-0.39, 0.29) is 24.5 Å². The first-order chi connectivity index (χ1) is 17.7. The fourth-order valence-corrected chi connectivity index (χ4v) is 4.70. The molecule has 1 aromatic heterocycles. The van der Waals surface area contributed by atoms with E-state index in [4.69, 9.17) is 4.74 Å². The molecule has 0 unspecified atom stereocenters. The first-order valence-electron chi connectivity index (χ1n) is 12.9. The molecule has 0 fully saturated rings. The lowest BCUT2D eigenvalue weighted by Crippen LogP contribution is -2.46. The number of para-hydroxylation sites is 1. The van der Waals surface area contributed by atoms with E-state index < -0.39 is 0 Å². The topological polar surface area (TPSA) is 62.7 Å². The average molecular weight is 486 g/mol. The molecule has 2 amide bonds. The van der Waals surface area contributed by atoms with Gasteiger partial charge in [0.05, 0.1) is 11.6 Å². The largest absolute Gasteiger partial charge is 0.491 e. The number of rotatable bonds is 4. The van der Waals surface area contributed by atoms with Gasteiger partial charge in [0, 0.05) is 25.8 Å². The molecule has 3 aromatic rings. The summed E-state index contributed by atoms with van der Waals surface area (Å²) < 4.78 is 6.34. The summed E-state index contributed by atoms with van der Waals surface area (Å²) >= 11 is 0. The lowest BCUT2D eigenvalue weighted by atomic mass is 10.0. The van der Waals surface area contributed by atoms with Crippen molar-refractivity contribution in [1.82, 2.24) is 14.8 Å². The first-order valence-corrected chi connectivity index (χ1v) is 12.9. The summed E-state index contributed by atoms with van der Waals surface area (Å²) in [5.74, 6) is 0.459. The number of aromatic nitrogens is 1. The highest BCUT2D eigenvalue weighted by molar-refractivity contribution is 5.97. The number of fused-ring (bicyclic) bond motifs is 1. The van der Waals surface area contributed by atoms with Crippen LogP contribution in [0.1, 0.15) is 59.0 Å². The number of benzene rings is 2. The van der Waals surface area contributed by atoms with Crippen LogP contribution < -0.4 is 4.74 Å². The van der Waals surface area contributed by atoms with Gasteiger partial charge in [-0.2, -0.15) is 0 Å². The summed E-state index contributed by atoms with van der Waals surface area (Å²) in [6.07, 6.45) is 6.13. The van der Waals surface area contributed by atoms with Gasteiger partial charge in [0.2, 0.25) is 0 Å². The van der Waals surface area contributed by atoms with Crippen molar-refractivity contribution in [2.24, 2.45) is 0 Å². The van der Waals surface area contributed by atoms with Crippen LogP contribution in [-0.2, 0) is 6.42 Å². The molecule has 0 saturated carbocycles. The number of pyridine rings is 1. The third-order valence-corrected chi connectivity index (χ3v) is 6.69. The summed E-state index contributed by atoms with van der Waals surface area (Å²) in [4.78, 5) is 35.2. The third-order valence-electron chi connectivity index (χ3n) is 6.69. The number of hydrogen-bond donors (Lipinski definition) is 0. The van der Waals surface area contributed by atoms with Crippen molar-refractivity contribution in [3.05, 3.63) is 95.8 Å². The minimum absolute atomic E-state index is 0.00816. The summed E-state index contributed by atoms with van der Waals surface area (Å²) in [5.41, 5.74) is 2.14. The van der Waals surface area contributed by atoms with Crippen molar-refractivity contribution >= 4 is 11.8 Å². The zero-order chi connectivity index (χ0) is 25.2. The van der Waals surface area contributed by atoms with E-state index in [9.17, 15) is 9.59 Å². The molecule has 6 heteroatoms. The normalized spacial score (nSPS) is 17.6. The number of hydrogen-bond acceptors (Lipinski definition) is 4. The van der Waals surface area contributed by atoms with Crippen LogP contribution in [0.15, 0.2) is 79.0 Å². The van der Waals surface area contributed by atoms with E-state index >= 15 is 0 Å². The van der Waals surface area contributed by atoms with Crippen LogP contribution in [0, 0.1) is 0 Å². The Morgan fingerprint density at radius 2 is 1.64 bits per heavy atom. The van der Waals surface area contributed by atoms with Crippen molar-refractivity contribution in [3.63, 3.8) is 0 Å². The van der Waals surface area contributed by atoms with Crippen LogP contribution in [0.25, 0.3) is 0 Å². The van der Waals surface area contributed by atoms with Gasteiger partial charge in [0.15, 0.2) is 0 Å². The van der Waals surface area contributed by atoms with E-state index in [1.165, 1.54) is 0 Å². The fraction of sp³-hybridized carbons (Fsp3) is 0.367. The molecule has 0 N–H and O–H groups in total. The highest BCUT2D eigenvalue weighted by Crippen LogP contribution is 2.23. The molecule has 1 atom stereocenters. The van der Waals surface area contributed by atoms with E-state index in [0.717, 1.165) is 37.8 Å². The van der Waals surface area contributed by atoms with Gasteiger partial charge in [-0.1, -0.05) is 61.4 Å². The van der Waals surface area contributed by atoms with Crippen LogP contribution in [0.5, 0.6) is 5.75 Å². The predicted octanol–water partition coefficient (Wildman–Crippen LogP) is 5.25. The molecule has 2 heterocycles. The monoisotopic (exact) mass is 485 g/mol. The van der Waals surface area contributed by atoms with E-state index in [1.54, 1.807) is 12.3 Å². The Hall–Kier alpha value is -3.67. The zero-order valence-corrected chi connectivity index (χ0v) is 21.0. The second kappa shape index (κ2) is 12.9. The summed E-state index contributed by atoms with van der Waals surface area (Å²) in [7, 11) is 0. The maximum absolute atomic E-state index is 13.7. The van der Waals surface area contributed by atoms with Gasteiger partial charge >= 0.3 is 0 Å². The molecular formula is C30H35N3O3. The molecule has 0 radical (unpaired) electrons. The van der Waals surface area contributed by atoms with Gasteiger partial charge in [-0.25, -0.2) is 0 Å². The maximum atomic E-state index is 13.7. The van der Waals surface area contributed by atoms with Gasteiger partial charge in [-0.05, 0) is 56.0 Å². The molecular weight excluding hydrogens is 450 g/mol. The number of amides is 2. The van der Waals surface area contributed by atoms with E-state index in [2.05, 4.69) is 17.1 Å². The van der Waals surface area contributed by atoms with Crippen molar-refractivity contribution < 1.29 is 14.3 Å². The molecule has 0 saturated heterocycles. The molecule has 6 nitrogen and oxygen atoms in total. The van der Waals surface area contributed by atoms with Crippen molar-refractivity contribution in [2.45, 2.75) is 45.1 Å². The SMILES string of the molecule is CCN1CCCCCCN(C(=O)c2ccccn2)[C@@H](Cc2ccccc2)COc2ccccc2C1=O. The van der Waals surface area contributed by atoms with E-state index in [1.807, 2.05) is 71.3 Å². The van der Waals surface area contributed by atoms with Crippen molar-refractivity contribution in [1.29, 1.82) is 0 Å². The van der Waals surface area contributed by atoms with Gasteiger partial charge in [-0.3, -0.25) is 14.6 Å². The van der Waals surface area contributed by atoms with Crippen LogP contribution in [0.3, 0.4) is 0 Å². The number of ether oxygens (including phenoxy) is 1. The highest BCUT2D eigenvalue weighted by Gasteiger charge is 2.27. The number of carbonyl (C=O) groups excluding carboxylic acids is 2.